The van der Waals surface area contributed by atoms with Gasteiger partial charge in [0.05, 0.1) is 10.5 Å². The standard InChI is InChI=1S/C32H33NO7/c1-20-17-21(2)28(22(3)18-20)29(31(34)35)30(39-19-23-7-5-4-6-8-23)24-11-15-27(16-12-24)40-32(36)25-9-13-26(14-10-25)33(37)38/h4-10,13-14,17-18,24,27H,11-12,15-16,19H2,1-3H3,(H,34,35)/b30-29+. The highest BCUT2D eigenvalue weighted by atomic mass is 16.6. The first-order valence-electron chi connectivity index (χ1n) is 13.3. The molecule has 0 amide bonds. The minimum absolute atomic E-state index is 0.0971. The van der Waals surface area contributed by atoms with Gasteiger partial charge in [0.2, 0.25) is 0 Å². The molecule has 4 rings (SSSR count). The van der Waals surface area contributed by atoms with E-state index in [9.17, 15) is 24.8 Å². The number of nitro benzene ring substituents is 1. The highest BCUT2D eigenvalue weighted by molar-refractivity contribution is 6.17. The number of carboxylic acid groups (broad SMARTS) is 1. The Morgan fingerprint density at radius 1 is 0.925 bits per heavy atom. The highest BCUT2D eigenvalue weighted by Crippen LogP contribution is 2.38. The summed E-state index contributed by atoms with van der Waals surface area (Å²) in [6, 6.07) is 18.9. The van der Waals surface area contributed by atoms with Crippen LogP contribution >= 0.6 is 0 Å². The van der Waals surface area contributed by atoms with Crippen molar-refractivity contribution in [1.29, 1.82) is 0 Å². The molecule has 0 saturated heterocycles. The zero-order valence-corrected chi connectivity index (χ0v) is 22.9. The van der Waals surface area contributed by atoms with Crippen LogP contribution in [-0.2, 0) is 20.9 Å². The Kier molecular flexibility index (Phi) is 8.99. The lowest BCUT2D eigenvalue weighted by molar-refractivity contribution is -0.384. The molecule has 40 heavy (non-hydrogen) atoms. The second-order valence-corrected chi connectivity index (χ2v) is 10.3. The molecule has 3 aromatic rings. The van der Waals surface area contributed by atoms with Crippen LogP contribution < -0.4 is 0 Å². The molecule has 0 atom stereocenters. The number of carboxylic acids is 1. The smallest absolute Gasteiger partial charge is 0.339 e. The lowest BCUT2D eigenvalue weighted by atomic mass is 9.82. The fourth-order valence-electron chi connectivity index (χ4n) is 5.42. The van der Waals surface area contributed by atoms with Gasteiger partial charge in [-0.15, -0.1) is 0 Å². The molecule has 8 nitrogen and oxygen atoms in total. The number of allylic oxidation sites excluding steroid dienone is 1. The average Bonchev–Trinajstić information content (AvgIpc) is 2.93. The Bertz CT molecular complexity index is 1400. The second kappa shape index (κ2) is 12.6. The lowest BCUT2D eigenvalue weighted by Gasteiger charge is -2.31. The molecule has 0 unspecified atom stereocenters. The first-order valence-corrected chi connectivity index (χ1v) is 13.3. The van der Waals surface area contributed by atoms with Crippen LogP contribution in [0.25, 0.3) is 5.57 Å². The van der Waals surface area contributed by atoms with Gasteiger partial charge >= 0.3 is 11.9 Å². The van der Waals surface area contributed by atoms with Gasteiger partial charge in [0.1, 0.15) is 24.0 Å². The van der Waals surface area contributed by atoms with E-state index in [1.807, 2.05) is 63.2 Å². The molecule has 1 aliphatic carbocycles. The summed E-state index contributed by atoms with van der Waals surface area (Å²) < 4.78 is 12.0. The summed E-state index contributed by atoms with van der Waals surface area (Å²) >= 11 is 0. The molecule has 0 bridgehead atoms. The van der Waals surface area contributed by atoms with Gasteiger partial charge < -0.3 is 14.6 Å². The summed E-state index contributed by atoms with van der Waals surface area (Å²) in [4.78, 5) is 35.8. The van der Waals surface area contributed by atoms with E-state index in [0.717, 1.165) is 22.3 Å². The molecule has 1 N–H and O–H groups in total. The van der Waals surface area contributed by atoms with Crippen LogP contribution in [0.2, 0.25) is 0 Å². The number of hydrogen-bond acceptors (Lipinski definition) is 6. The first kappa shape index (κ1) is 28.5. The SMILES string of the molecule is Cc1cc(C)c(/C(C(=O)O)=C(\OCc2ccccc2)C2CCC(OC(=O)c3ccc([N+](=O)[O-])cc3)CC2)c(C)c1. The number of ether oxygens (including phenoxy) is 2. The maximum absolute atomic E-state index is 12.8. The zero-order valence-electron chi connectivity index (χ0n) is 22.9. The number of carbonyl (C=O) groups is 2. The van der Waals surface area contributed by atoms with Gasteiger partial charge in [-0.25, -0.2) is 9.59 Å². The van der Waals surface area contributed by atoms with Crippen LogP contribution in [-0.4, -0.2) is 28.1 Å². The topological polar surface area (TPSA) is 116 Å². The Balaban J connectivity index is 1.57. The van der Waals surface area contributed by atoms with Crippen LogP contribution in [0.1, 0.15) is 63.9 Å². The molecule has 0 aliphatic heterocycles. The minimum atomic E-state index is -1.04. The van der Waals surface area contributed by atoms with Crippen molar-refractivity contribution in [2.45, 2.75) is 59.2 Å². The van der Waals surface area contributed by atoms with Crippen molar-refractivity contribution in [1.82, 2.24) is 0 Å². The maximum Gasteiger partial charge on any atom is 0.339 e. The fraction of sp³-hybridized carbons (Fsp3) is 0.312. The zero-order chi connectivity index (χ0) is 28.8. The number of nitrogens with zero attached hydrogens (tertiary/aromatic N) is 1. The van der Waals surface area contributed by atoms with Crippen molar-refractivity contribution >= 4 is 23.2 Å². The second-order valence-electron chi connectivity index (χ2n) is 10.3. The number of nitro groups is 1. The van der Waals surface area contributed by atoms with E-state index in [4.69, 9.17) is 9.47 Å². The van der Waals surface area contributed by atoms with Crippen molar-refractivity contribution in [2.24, 2.45) is 5.92 Å². The van der Waals surface area contributed by atoms with Crippen LogP contribution in [0.15, 0.2) is 72.5 Å². The third-order valence-electron chi connectivity index (χ3n) is 7.26. The number of non-ortho nitro benzene ring substituents is 1. The van der Waals surface area contributed by atoms with E-state index in [0.29, 0.717) is 37.0 Å². The average molecular weight is 544 g/mol. The molecule has 0 spiro atoms. The summed E-state index contributed by atoms with van der Waals surface area (Å²) in [6.45, 7) is 6.06. The van der Waals surface area contributed by atoms with E-state index >= 15 is 0 Å². The van der Waals surface area contributed by atoms with E-state index in [2.05, 4.69) is 0 Å². The number of hydrogen-bond donors (Lipinski definition) is 1. The van der Waals surface area contributed by atoms with Gasteiger partial charge in [0, 0.05) is 18.1 Å². The molecule has 0 radical (unpaired) electrons. The predicted molar refractivity (Wildman–Crippen MR) is 151 cm³/mol. The van der Waals surface area contributed by atoms with Gasteiger partial charge in [0.15, 0.2) is 0 Å². The predicted octanol–water partition coefficient (Wildman–Crippen LogP) is 6.95. The summed E-state index contributed by atoms with van der Waals surface area (Å²) in [7, 11) is 0. The normalized spacial score (nSPS) is 17.5. The number of carbonyl (C=O) groups excluding carboxylic acids is 1. The van der Waals surface area contributed by atoms with Crippen LogP contribution in [0.4, 0.5) is 5.69 Å². The number of rotatable bonds is 9. The molecule has 1 aliphatic rings. The molecular weight excluding hydrogens is 510 g/mol. The fourth-order valence-corrected chi connectivity index (χ4v) is 5.42. The van der Waals surface area contributed by atoms with Crippen molar-refractivity contribution in [3.8, 4) is 0 Å². The van der Waals surface area contributed by atoms with Gasteiger partial charge in [-0.2, -0.15) is 0 Å². The van der Waals surface area contributed by atoms with E-state index in [1.54, 1.807) is 0 Å². The van der Waals surface area contributed by atoms with E-state index in [-0.39, 0.29) is 35.5 Å². The number of esters is 1. The summed E-state index contributed by atoms with van der Waals surface area (Å²) in [5.41, 5.74) is 4.75. The van der Waals surface area contributed by atoms with Crippen LogP contribution in [0, 0.1) is 36.8 Å². The van der Waals surface area contributed by atoms with Crippen molar-refractivity contribution in [2.75, 3.05) is 0 Å². The van der Waals surface area contributed by atoms with Crippen molar-refractivity contribution in [3.05, 3.63) is 116 Å². The molecule has 208 valence electrons. The number of aryl methyl sites for hydroxylation is 3. The van der Waals surface area contributed by atoms with Crippen molar-refractivity contribution < 1.29 is 29.1 Å². The highest BCUT2D eigenvalue weighted by Gasteiger charge is 2.32. The third-order valence-corrected chi connectivity index (χ3v) is 7.26. The molecular formula is C32H33NO7. The Morgan fingerprint density at radius 2 is 1.52 bits per heavy atom. The molecule has 1 saturated carbocycles. The molecule has 0 aromatic heterocycles. The number of benzene rings is 3. The Hall–Kier alpha value is -4.46. The van der Waals surface area contributed by atoms with Crippen LogP contribution in [0.5, 0.6) is 0 Å². The molecule has 0 heterocycles. The third kappa shape index (κ3) is 6.75. The first-order chi connectivity index (χ1) is 19.1. The molecule has 1 fully saturated rings. The Labute approximate surface area is 233 Å². The summed E-state index contributed by atoms with van der Waals surface area (Å²) in [5, 5.41) is 21.3. The molecule has 3 aromatic carbocycles. The maximum atomic E-state index is 12.8. The lowest BCUT2D eigenvalue weighted by Crippen LogP contribution is -2.27. The van der Waals surface area contributed by atoms with Crippen LogP contribution in [0.3, 0.4) is 0 Å². The monoisotopic (exact) mass is 543 g/mol. The van der Waals surface area contributed by atoms with Gasteiger partial charge in [0.25, 0.3) is 5.69 Å². The Morgan fingerprint density at radius 3 is 2.08 bits per heavy atom. The largest absolute Gasteiger partial charge is 0.492 e. The van der Waals surface area contributed by atoms with Gasteiger partial charge in [-0.3, -0.25) is 10.1 Å². The van der Waals surface area contributed by atoms with Crippen molar-refractivity contribution in [3.63, 3.8) is 0 Å². The summed E-state index contributed by atoms with van der Waals surface area (Å²) in [6.07, 6.45) is 1.91. The summed E-state index contributed by atoms with van der Waals surface area (Å²) in [5.74, 6) is -1.28. The van der Waals surface area contributed by atoms with E-state index < -0.39 is 16.9 Å². The van der Waals surface area contributed by atoms with Gasteiger partial charge in [-0.1, -0.05) is 48.0 Å². The van der Waals surface area contributed by atoms with E-state index in [1.165, 1.54) is 24.3 Å². The quantitative estimate of drug-likeness (QED) is 0.102. The molecule has 8 heteroatoms. The van der Waals surface area contributed by atoms with Gasteiger partial charge in [-0.05, 0) is 80.8 Å². The number of aliphatic carboxylic acids is 1. The minimum Gasteiger partial charge on any atom is -0.492 e.